The molecule has 0 fully saturated rings. The van der Waals surface area contributed by atoms with Gasteiger partial charge in [-0.05, 0) is 107 Å². The fraction of sp³-hybridized carbons (Fsp3) is 0. The van der Waals surface area contributed by atoms with Gasteiger partial charge in [-0.3, -0.25) is 0 Å². The zero-order valence-electron chi connectivity index (χ0n) is 31.9. The Kier molecular flexibility index (Phi) is 8.10. The number of phenols is 2. The summed E-state index contributed by atoms with van der Waals surface area (Å²) in [7, 11) is 0. The zero-order chi connectivity index (χ0) is 39.6. The lowest BCUT2D eigenvalue weighted by atomic mass is 9.96. The summed E-state index contributed by atoms with van der Waals surface area (Å²) in [6.07, 6.45) is 8.24. The summed E-state index contributed by atoms with van der Waals surface area (Å²) in [5.74, 6) is 0.495. The Labute approximate surface area is 345 Å². The van der Waals surface area contributed by atoms with E-state index in [-0.39, 0.29) is 11.5 Å². The van der Waals surface area contributed by atoms with Crippen LogP contribution in [-0.4, -0.2) is 14.8 Å². The van der Waals surface area contributed by atoms with E-state index in [1.807, 2.05) is 54.6 Å². The maximum atomic E-state index is 11.3. The Bertz CT molecular complexity index is 3350. The average molecular weight is 777 g/mol. The topological polar surface area (TPSA) is 48.6 Å². The Balaban J connectivity index is 0.997. The maximum Gasteiger partial charge on any atom is 0.123 e. The maximum absolute atomic E-state index is 11.3. The number of aromatic hydroxyl groups is 2. The van der Waals surface area contributed by atoms with Crippen molar-refractivity contribution >= 4 is 70.3 Å². The average Bonchev–Trinajstić information content (AvgIpc) is 3.81. The second-order valence-corrected chi connectivity index (χ2v) is 16.0. The van der Waals surface area contributed by atoms with Crippen LogP contribution in [0.2, 0.25) is 0 Å². The quantitative estimate of drug-likeness (QED) is 0.183. The van der Waals surface area contributed by atoms with Crippen LogP contribution in [0.4, 0.5) is 11.4 Å². The van der Waals surface area contributed by atoms with Crippen molar-refractivity contribution in [3.63, 3.8) is 0 Å². The van der Waals surface area contributed by atoms with Crippen LogP contribution in [0.1, 0.15) is 5.56 Å². The molecule has 4 nitrogen and oxygen atoms in total. The van der Waals surface area contributed by atoms with Gasteiger partial charge in [0.1, 0.15) is 11.5 Å². The number of hydrogen-bond donors (Lipinski definition) is 2. The highest BCUT2D eigenvalue weighted by atomic mass is 32.1. The first kappa shape index (κ1) is 34.6. The monoisotopic (exact) mass is 776 g/mol. The molecule has 280 valence electrons. The fourth-order valence-electron chi connectivity index (χ4n) is 8.72. The smallest absolute Gasteiger partial charge is 0.123 e. The zero-order valence-corrected chi connectivity index (χ0v) is 32.7. The summed E-state index contributed by atoms with van der Waals surface area (Å²) in [6, 6.07) is 58.2. The lowest BCUT2D eigenvalue weighted by molar-refractivity contribution is 0.477. The molecule has 5 heteroatoms. The van der Waals surface area contributed by atoms with E-state index in [4.69, 9.17) is 0 Å². The van der Waals surface area contributed by atoms with Crippen molar-refractivity contribution in [3.05, 3.63) is 206 Å². The first-order valence-electron chi connectivity index (χ1n) is 19.6. The number of nitrogens with zero attached hydrogens (tertiary/aromatic N) is 2. The van der Waals surface area contributed by atoms with Gasteiger partial charge in [0.15, 0.2) is 0 Å². The van der Waals surface area contributed by atoms with Gasteiger partial charge >= 0.3 is 0 Å². The van der Waals surface area contributed by atoms with Crippen molar-refractivity contribution in [1.29, 1.82) is 0 Å². The SMILES string of the molecule is C=C1/C=C\C=C/N(c2cccc(-c3ccccc3O)c2)c2ccc3c(sc4ccc(-c5ccc(O)c(-c6cccc(-n7c8ccccc8c8ccccc87)c6)c5)cc43)c21. The van der Waals surface area contributed by atoms with Crippen LogP contribution in [0.25, 0.3) is 86.6 Å². The van der Waals surface area contributed by atoms with Crippen molar-refractivity contribution in [3.8, 4) is 50.6 Å². The highest BCUT2D eigenvalue weighted by Crippen LogP contribution is 2.47. The molecule has 1 aliphatic heterocycles. The molecule has 0 unspecified atom stereocenters. The molecule has 59 heavy (non-hydrogen) atoms. The van der Waals surface area contributed by atoms with Crippen LogP contribution in [0.15, 0.2) is 201 Å². The van der Waals surface area contributed by atoms with Crippen LogP contribution in [0.5, 0.6) is 11.5 Å². The highest BCUT2D eigenvalue weighted by Gasteiger charge is 2.21. The number of fused-ring (bicyclic) bond motifs is 8. The summed E-state index contributed by atoms with van der Waals surface area (Å²) in [6.45, 7) is 4.55. The molecule has 3 heterocycles. The van der Waals surface area contributed by atoms with E-state index in [0.717, 1.165) is 72.6 Å². The molecule has 8 aromatic carbocycles. The predicted molar refractivity (Wildman–Crippen MR) is 249 cm³/mol. The van der Waals surface area contributed by atoms with Crippen molar-refractivity contribution in [2.24, 2.45) is 0 Å². The van der Waals surface area contributed by atoms with Crippen LogP contribution in [0.3, 0.4) is 0 Å². The second kappa shape index (κ2) is 13.8. The summed E-state index contributed by atoms with van der Waals surface area (Å²) in [5, 5.41) is 26.7. The molecular formula is C54H36N2O2S. The molecule has 11 rings (SSSR count). The van der Waals surface area contributed by atoms with Gasteiger partial charge in [0, 0.05) is 65.2 Å². The van der Waals surface area contributed by atoms with E-state index in [1.165, 1.54) is 30.9 Å². The van der Waals surface area contributed by atoms with Crippen molar-refractivity contribution < 1.29 is 10.2 Å². The third-order valence-corrected chi connectivity index (χ3v) is 12.7. The molecule has 10 aromatic rings. The van der Waals surface area contributed by atoms with E-state index in [0.29, 0.717) is 0 Å². The van der Waals surface area contributed by atoms with Crippen molar-refractivity contribution in [2.75, 3.05) is 4.90 Å². The van der Waals surface area contributed by atoms with Gasteiger partial charge in [0.25, 0.3) is 0 Å². The second-order valence-electron chi connectivity index (χ2n) is 15.0. The molecule has 0 saturated heterocycles. The molecule has 2 aromatic heterocycles. The molecule has 0 spiro atoms. The lowest BCUT2D eigenvalue weighted by Gasteiger charge is -2.26. The number of phenolic OH excluding ortho intramolecular Hbond substituents is 2. The predicted octanol–water partition coefficient (Wildman–Crippen LogP) is 14.8. The van der Waals surface area contributed by atoms with E-state index in [1.54, 1.807) is 17.4 Å². The molecular weight excluding hydrogens is 741 g/mol. The third kappa shape index (κ3) is 5.74. The van der Waals surface area contributed by atoms with Gasteiger partial charge in [-0.15, -0.1) is 11.3 Å². The molecule has 0 amide bonds. The number of para-hydroxylation sites is 3. The van der Waals surface area contributed by atoms with E-state index >= 15 is 0 Å². The number of thiophene rings is 1. The Morgan fingerprint density at radius 1 is 0.475 bits per heavy atom. The molecule has 0 atom stereocenters. The summed E-state index contributed by atoms with van der Waals surface area (Å²) >= 11 is 1.78. The minimum Gasteiger partial charge on any atom is -0.507 e. The molecule has 0 radical (unpaired) electrons. The van der Waals surface area contributed by atoms with Gasteiger partial charge in [-0.1, -0.05) is 116 Å². The minimum absolute atomic E-state index is 0.241. The number of allylic oxidation sites excluding steroid dienone is 4. The standard InChI is InChI=1S/C54H36N2O2S/c1-34-12-8-9-29-55(39-15-10-13-37(30-39)41-17-4-7-22-50(41)57)49-26-25-44-46-33-36(24-28-52(46)59-54(44)53(34)49)35-23-27-51(58)45(32-35)38-14-11-16-40(31-38)56-47-20-5-2-18-42(47)43-19-3-6-21-48(43)56/h2-33,57-58H,1H2/b12-8-,29-9-. The lowest BCUT2D eigenvalue weighted by Crippen LogP contribution is -2.11. The number of benzene rings is 8. The highest BCUT2D eigenvalue weighted by molar-refractivity contribution is 7.26. The normalized spacial score (nSPS) is 13.8. The van der Waals surface area contributed by atoms with E-state index in [2.05, 4.69) is 150 Å². The number of aromatic nitrogens is 1. The third-order valence-electron chi connectivity index (χ3n) is 11.5. The van der Waals surface area contributed by atoms with Crippen molar-refractivity contribution in [1.82, 2.24) is 4.57 Å². The Morgan fingerprint density at radius 3 is 1.93 bits per heavy atom. The Hall–Kier alpha value is -7.60. The minimum atomic E-state index is 0.241. The summed E-state index contributed by atoms with van der Waals surface area (Å²) in [4.78, 5) is 2.21. The number of rotatable bonds is 5. The van der Waals surface area contributed by atoms with Crippen LogP contribution in [-0.2, 0) is 0 Å². The van der Waals surface area contributed by atoms with Crippen molar-refractivity contribution in [2.45, 2.75) is 0 Å². The molecule has 0 saturated carbocycles. The van der Waals surface area contributed by atoms with E-state index in [9.17, 15) is 10.2 Å². The fourth-order valence-corrected chi connectivity index (χ4v) is 9.98. The van der Waals surface area contributed by atoms with Crippen LogP contribution in [0, 0.1) is 0 Å². The van der Waals surface area contributed by atoms with Gasteiger partial charge in [0.05, 0.1) is 16.7 Å². The van der Waals surface area contributed by atoms with Crippen LogP contribution >= 0.6 is 11.3 Å². The number of hydrogen-bond acceptors (Lipinski definition) is 4. The first-order valence-corrected chi connectivity index (χ1v) is 20.5. The Morgan fingerprint density at radius 2 is 1.14 bits per heavy atom. The van der Waals surface area contributed by atoms with Gasteiger partial charge in [0.2, 0.25) is 0 Å². The largest absolute Gasteiger partial charge is 0.507 e. The van der Waals surface area contributed by atoms with Crippen LogP contribution < -0.4 is 4.90 Å². The molecule has 0 aliphatic carbocycles. The first-order chi connectivity index (χ1) is 29.0. The summed E-state index contributed by atoms with van der Waals surface area (Å²) < 4.78 is 4.67. The molecule has 0 bridgehead atoms. The van der Waals surface area contributed by atoms with Gasteiger partial charge in [-0.2, -0.15) is 0 Å². The van der Waals surface area contributed by atoms with E-state index < -0.39 is 0 Å². The number of anilines is 2. The van der Waals surface area contributed by atoms with Gasteiger partial charge in [-0.25, -0.2) is 0 Å². The molecule has 1 aliphatic rings. The van der Waals surface area contributed by atoms with Gasteiger partial charge < -0.3 is 19.7 Å². The summed E-state index contributed by atoms with van der Waals surface area (Å²) in [5.41, 5.74) is 13.0. The molecule has 2 N–H and O–H groups in total.